The summed E-state index contributed by atoms with van der Waals surface area (Å²) in [4.78, 5) is 4.71. The zero-order valence-corrected chi connectivity index (χ0v) is 60.5. The van der Waals surface area contributed by atoms with Gasteiger partial charge in [-0.1, -0.05) is 287 Å². The van der Waals surface area contributed by atoms with Gasteiger partial charge in [0.25, 0.3) is 0 Å². The summed E-state index contributed by atoms with van der Waals surface area (Å²) in [5, 5.41) is 4.98. The molecule has 2 heterocycles. The third kappa shape index (κ3) is 11.5. The average molecular weight is 1390 g/mol. The lowest BCUT2D eigenvalue weighted by atomic mass is 9.78. The number of para-hydroxylation sites is 3. The lowest BCUT2D eigenvalue weighted by Crippen LogP contribution is -2.16. The van der Waals surface area contributed by atoms with Gasteiger partial charge in [-0.2, -0.15) is 0 Å². The molecule has 4 heteroatoms. The first-order valence-corrected chi connectivity index (χ1v) is 37.7. The second kappa shape index (κ2) is 26.8. The van der Waals surface area contributed by atoms with Crippen LogP contribution in [0, 0.1) is 0 Å². The van der Waals surface area contributed by atoms with Gasteiger partial charge in [0.05, 0.1) is 22.1 Å². The molecule has 2 aromatic heterocycles. The van der Waals surface area contributed by atoms with Gasteiger partial charge in [-0.25, -0.2) is 0 Å². The fraction of sp³-hybridized carbons (Fsp3) is 0.0286. The van der Waals surface area contributed by atoms with Gasteiger partial charge >= 0.3 is 0 Å². The molecule has 20 rings (SSSR count). The number of fused-ring (bicyclic) bond motifs is 9. The number of hydrogen-bond acceptors (Lipinski definition) is 2. The molecule has 1 aliphatic rings. The van der Waals surface area contributed by atoms with Crippen LogP contribution in [0.25, 0.3) is 144 Å². The summed E-state index contributed by atoms with van der Waals surface area (Å²) < 4.78 is 4.87. The van der Waals surface area contributed by atoms with Gasteiger partial charge in [-0.05, 0) is 240 Å². The first-order chi connectivity index (χ1) is 53.8. The highest BCUT2D eigenvalue weighted by atomic mass is 15.1. The van der Waals surface area contributed by atoms with E-state index < -0.39 is 0 Å². The Balaban J connectivity index is 0.603. The third-order valence-corrected chi connectivity index (χ3v) is 22.5. The van der Waals surface area contributed by atoms with Gasteiger partial charge in [0.2, 0.25) is 0 Å². The number of nitrogens with zero attached hydrogens (tertiary/aromatic N) is 4. The Kier molecular flexibility index (Phi) is 15.9. The summed E-state index contributed by atoms with van der Waals surface area (Å²) in [6, 6.07) is 151. The van der Waals surface area contributed by atoms with Crippen LogP contribution >= 0.6 is 0 Å². The zero-order valence-electron chi connectivity index (χ0n) is 60.5. The predicted octanol–water partition coefficient (Wildman–Crippen LogP) is 28.8. The Morgan fingerprint density at radius 2 is 0.477 bits per heavy atom. The van der Waals surface area contributed by atoms with Crippen molar-refractivity contribution in [2.24, 2.45) is 0 Å². The molecule has 0 N–H and O–H groups in total. The van der Waals surface area contributed by atoms with E-state index in [-0.39, 0.29) is 5.41 Å². The molecule has 0 saturated heterocycles. The normalized spacial score (nSPS) is 12.2. The van der Waals surface area contributed by atoms with E-state index in [1.807, 2.05) is 0 Å². The first-order valence-electron chi connectivity index (χ1n) is 37.7. The summed E-state index contributed by atoms with van der Waals surface area (Å²) >= 11 is 0. The van der Waals surface area contributed by atoms with E-state index in [0.717, 1.165) is 62.2 Å². The Hall–Kier alpha value is -14.1. The van der Waals surface area contributed by atoms with E-state index in [0.29, 0.717) is 0 Å². The molecule has 0 saturated carbocycles. The van der Waals surface area contributed by atoms with Crippen LogP contribution in [0.2, 0.25) is 0 Å². The summed E-state index contributed by atoms with van der Waals surface area (Å²) in [5.41, 5.74) is 35.2. The van der Waals surface area contributed by atoms with Crippen molar-refractivity contribution in [1.29, 1.82) is 0 Å². The molecule has 109 heavy (non-hydrogen) atoms. The lowest BCUT2D eigenvalue weighted by Gasteiger charge is -2.27. The van der Waals surface area contributed by atoms with Crippen molar-refractivity contribution in [3.63, 3.8) is 0 Å². The summed E-state index contributed by atoms with van der Waals surface area (Å²) in [6.07, 6.45) is 0. The van der Waals surface area contributed by atoms with Crippen LogP contribution in [0.1, 0.15) is 25.0 Å². The minimum Gasteiger partial charge on any atom is -0.311 e. The summed E-state index contributed by atoms with van der Waals surface area (Å²) in [7, 11) is 0. The lowest BCUT2D eigenvalue weighted by molar-refractivity contribution is 0.662. The molecule has 0 radical (unpaired) electrons. The maximum Gasteiger partial charge on any atom is 0.0544 e. The zero-order chi connectivity index (χ0) is 72.5. The van der Waals surface area contributed by atoms with Crippen LogP contribution in [0.5, 0.6) is 0 Å². The maximum atomic E-state index is 2.50. The predicted molar refractivity (Wildman–Crippen MR) is 460 cm³/mol. The fourth-order valence-electron chi connectivity index (χ4n) is 17.1. The molecule has 0 fully saturated rings. The maximum absolute atomic E-state index is 2.50. The molecule has 17 aromatic carbocycles. The van der Waals surface area contributed by atoms with Crippen molar-refractivity contribution in [2.45, 2.75) is 19.3 Å². The molecular weight excluding hydrogens is 1320 g/mol. The van der Waals surface area contributed by atoms with Gasteiger partial charge in [0.1, 0.15) is 0 Å². The highest BCUT2D eigenvalue weighted by Gasteiger charge is 2.39. The van der Waals surface area contributed by atoms with Crippen LogP contribution < -0.4 is 9.80 Å². The van der Waals surface area contributed by atoms with Gasteiger partial charge in [0, 0.05) is 72.5 Å². The van der Waals surface area contributed by atoms with Gasteiger partial charge < -0.3 is 18.9 Å². The molecule has 0 atom stereocenters. The standard InChI is InChI=1S/C105H74N4/c1-105(2)99-70-103-98(97-68-83(52-66-102(97)109(103)85-29-16-7-17-30-85)82-51-65-101-96(67-82)93-31-18-19-34-100(93)108(101)84-27-14-6-15-28-84)69-95(99)94-33-20-32-92(104(94)105)81-37-35-74(36-38-81)78-45-59-89(60-46-78)107(88-57-43-77(44-58-88)73-25-12-5-13-26-73)91-63-49-80(50-64-91)79-47-61-90(62-48-79)106(86-53-39-75(40-54-86)71-21-8-3-9-22-71)87-55-41-76(42-56-87)72-23-10-4-11-24-72/h3-70H,1-2H3. The highest BCUT2D eigenvalue weighted by molar-refractivity contribution is 6.14. The number of anilines is 6. The number of hydrogen-bond donors (Lipinski definition) is 0. The molecule has 514 valence electrons. The smallest absolute Gasteiger partial charge is 0.0544 e. The number of rotatable bonds is 15. The fourth-order valence-corrected chi connectivity index (χ4v) is 17.1. The minimum atomic E-state index is -0.293. The Labute approximate surface area is 635 Å². The Morgan fingerprint density at radius 1 is 0.193 bits per heavy atom. The minimum absolute atomic E-state index is 0.293. The van der Waals surface area contributed by atoms with Crippen molar-refractivity contribution < 1.29 is 0 Å². The summed E-state index contributed by atoms with van der Waals surface area (Å²) in [5.74, 6) is 0. The van der Waals surface area contributed by atoms with Crippen molar-refractivity contribution in [3.8, 4) is 100 Å². The Bertz CT molecular complexity index is 6480. The molecule has 1 aliphatic carbocycles. The SMILES string of the molecule is CC1(C)c2cc3c(cc2-c2cccc(-c4ccc(-c5ccc(N(c6ccc(-c7ccccc7)cc6)c6ccc(-c7ccc(N(c8ccc(-c9ccccc9)cc8)c8ccc(-c9ccccc9)cc8)cc7)cc6)cc5)cc4)c21)c1cc(-c2ccc4c(c2)c2ccccc2n4-c2ccccc2)ccc1n3-c1ccccc1. The monoisotopic (exact) mass is 1390 g/mol. The molecule has 0 bridgehead atoms. The summed E-state index contributed by atoms with van der Waals surface area (Å²) in [6.45, 7) is 4.84. The van der Waals surface area contributed by atoms with Crippen molar-refractivity contribution in [1.82, 2.24) is 9.13 Å². The highest BCUT2D eigenvalue weighted by Crippen LogP contribution is 2.55. The van der Waals surface area contributed by atoms with E-state index >= 15 is 0 Å². The van der Waals surface area contributed by atoms with Gasteiger partial charge in [0.15, 0.2) is 0 Å². The van der Waals surface area contributed by atoms with Crippen LogP contribution in [-0.4, -0.2) is 9.13 Å². The molecule has 4 nitrogen and oxygen atoms in total. The quantitative estimate of drug-likeness (QED) is 0.102. The van der Waals surface area contributed by atoms with E-state index in [2.05, 4.69) is 445 Å². The van der Waals surface area contributed by atoms with E-state index in [9.17, 15) is 0 Å². The second-order valence-corrected chi connectivity index (χ2v) is 29.2. The first kappa shape index (κ1) is 64.5. The van der Waals surface area contributed by atoms with Crippen molar-refractivity contribution in [2.75, 3.05) is 9.80 Å². The van der Waals surface area contributed by atoms with Crippen LogP contribution in [-0.2, 0) is 5.41 Å². The second-order valence-electron chi connectivity index (χ2n) is 29.2. The van der Waals surface area contributed by atoms with Gasteiger partial charge in [-0.3, -0.25) is 0 Å². The largest absolute Gasteiger partial charge is 0.311 e. The molecule has 0 amide bonds. The molecular formula is C105H74N4. The van der Waals surface area contributed by atoms with Crippen LogP contribution in [0.15, 0.2) is 413 Å². The molecule has 0 spiro atoms. The van der Waals surface area contributed by atoms with E-state index in [4.69, 9.17) is 0 Å². The molecule has 0 aliphatic heterocycles. The molecule has 0 unspecified atom stereocenters. The topological polar surface area (TPSA) is 16.3 Å². The van der Waals surface area contributed by atoms with Crippen LogP contribution in [0.3, 0.4) is 0 Å². The van der Waals surface area contributed by atoms with Gasteiger partial charge in [-0.15, -0.1) is 0 Å². The van der Waals surface area contributed by atoms with Crippen molar-refractivity contribution >= 4 is 77.7 Å². The third-order valence-electron chi connectivity index (χ3n) is 22.5. The number of benzene rings is 17. The Morgan fingerprint density at radius 3 is 0.872 bits per heavy atom. The van der Waals surface area contributed by atoms with Crippen LogP contribution in [0.4, 0.5) is 34.1 Å². The van der Waals surface area contributed by atoms with E-state index in [1.165, 1.54) is 127 Å². The van der Waals surface area contributed by atoms with E-state index in [1.54, 1.807) is 0 Å². The average Bonchev–Trinajstić information content (AvgIpc) is 1.54. The number of aromatic nitrogens is 2. The van der Waals surface area contributed by atoms with Crippen molar-refractivity contribution in [3.05, 3.63) is 424 Å². The molecule has 19 aromatic rings.